The van der Waals surface area contributed by atoms with Gasteiger partial charge >= 0.3 is 0 Å². The van der Waals surface area contributed by atoms with Crippen molar-refractivity contribution < 1.29 is 4.79 Å². The van der Waals surface area contributed by atoms with Crippen molar-refractivity contribution in [2.45, 2.75) is 39.7 Å². The maximum absolute atomic E-state index is 12.5. The van der Waals surface area contributed by atoms with Crippen molar-refractivity contribution in [3.8, 4) is 11.1 Å². The summed E-state index contributed by atoms with van der Waals surface area (Å²) in [5.74, 6) is 0.0479. The van der Waals surface area contributed by atoms with Gasteiger partial charge in [-0.25, -0.2) is 0 Å². The second kappa shape index (κ2) is 7.47. The first-order chi connectivity index (χ1) is 12.1. The molecule has 1 N–H and O–H groups in total. The second-order valence-corrected chi connectivity index (χ2v) is 6.49. The Hall–Kier alpha value is -2.68. The van der Waals surface area contributed by atoms with Crippen LogP contribution in [-0.2, 0) is 11.2 Å². The Balaban J connectivity index is 2.14. The maximum Gasteiger partial charge on any atom is 0.224 e. The number of aromatic nitrogens is 1. The number of nitrogens with one attached hydrogen (secondary N) is 1. The summed E-state index contributed by atoms with van der Waals surface area (Å²) in [6.45, 7) is 6.09. The zero-order chi connectivity index (χ0) is 17.8. The third-order valence-electron chi connectivity index (χ3n) is 4.62. The van der Waals surface area contributed by atoms with Gasteiger partial charge < -0.3 is 5.32 Å². The van der Waals surface area contributed by atoms with Gasteiger partial charge in [0.05, 0.1) is 11.9 Å². The fourth-order valence-electron chi connectivity index (χ4n) is 3.11. The van der Waals surface area contributed by atoms with E-state index in [1.807, 2.05) is 50.2 Å². The molecule has 0 aliphatic carbocycles. The van der Waals surface area contributed by atoms with E-state index in [0.717, 1.165) is 39.7 Å². The van der Waals surface area contributed by atoms with Crippen molar-refractivity contribution in [3.63, 3.8) is 0 Å². The van der Waals surface area contributed by atoms with Crippen LogP contribution in [0.4, 0.5) is 0 Å². The zero-order valence-corrected chi connectivity index (χ0v) is 15.0. The lowest BCUT2D eigenvalue weighted by Crippen LogP contribution is -2.33. The molecule has 3 heteroatoms. The molecule has 3 rings (SSSR count). The number of para-hydroxylation sites is 1. The summed E-state index contributed by atoms with van der Waals surface area (Å²) in [7, 11) is 0. The minimum atomic E-state index is 0.0479. The van der Waals surface area contributed by atoms with Crippen LogP contribution in [0.15, 0.2) is 54.6 Å². The van der Waals surface area contributed by atoms with Crippen LogP contribution in [0.2, 0.25) is 0 Å². The number of benzene rings is 2. The van der Waals surface area contributed by atoms with Crippen molar-refractivity contribution in [2.24, 2.45) is 0 Å². The third-order valence-corrected chi connectivity index (χ3v) is 4.62. The molecule has 1 heterocycles. The molecule has 0 saturated heterocycles. The van der Waals surface area contributed by atoms with Gasteiger partial charge in [0, 0.05) is 17.1 Å². The van der Waals surface area contributed by atoms with E-state index < -0.39 is 0 Å². The van der Waals surface area contributed by atoms with Crippen LogP contribution in [0.3, 0.4) is 0 Å². The van der Waals surface area contributed by atoms with Gasteiger partial charge in [0.25, 0.3) is 0 Å². The number of amides is 1. The fraction of sp³-hybridized carbons (Fsp3) is 0.273. The Morgan fingerprint density at radius 2 is 1.76 bits per heavy atom. The topological polar surface area (TPSA) is 42.0 Å². The molecular formula is C22H24N2O. The van der Waals surface area contributed by atoms with E-state index >= 15 is 0 Å². The molecule has 128 valence electrons. The van der Waals surface area contributed by atoms with E-state index in [0.29, 0.717) is 6.42 Å². The largest absolute Gasteiger partial charge is 0.353 e. The van der Waals surface area contributed by atoms with Gasteiger partial charge in [-0.2, -0.15) is 0 Å². The number of rotatable bonds is 5. The molecule has 0 saturated carbocycles. The predicted octanol–water partition coefficient (Wildman–Crippen LogP) is 4.67. The lowest BCUT2D eigenvalue weighted by molar-refractivity contribution is -0.121. The summed E-state index contributed by atoms with van der Waals surface area (Å²) < 4.78 is 0. The normalized spacial score (nSPS) is 12.1. The van der Waals surface area contributed by atoms with Gasteiger partial charge in [-0.3, -0.25) is 9.78 Å². The van der Waals surface area contributed by atoms with Crippen molar-refractivity contribution in [2.75, 3.05) is 0 Å². The zero-order valence-electron chi connectivity index (χ0n) is 15.0. The molecule has 1 aromatic heterocycles. The average Bonchev–Trinajstić information content (AvgIpc) is 2.63. The summed E-state index contributed by atoms with van der Waals surface area (Å²) in [5.41, 5.74) is 5.12. The van der Waals surface area contributed by atoms with Crippen molar-refractivity contribution in [1.29, 1.82) is 0 Å². The molecule has 0 aliphatic heterocycles. The second-order valence-electron chi connectivity index (χ2n) is 6.49. The molecule has 1 unspecified atom stereocenters. The average molecular weight is 332 g/mol. The molecular weight excluding hydrogens is 308 g/mol. The van der Waals surface area contributed by atoms with E-state index in [2.05, 4.69) is 30.4 Å². The first-order valence-electron chi connectivity index (χ1n) is 8.83. The molecule has 0 fully saturated rings. The van der Waals surface area contributed by atoms with Crippen LogP contribution in [0, 0.1) is 6.92 Å². The van der Waals surface area contributed by atoms with Crippen molar-refractivity contribution in [1.82, 2.24) is 10.3 Å². The molecule has 0 radical (unpaired) electrons. The maximum atomic E-state index is 12.5. The van der Waals surface area contributed by atoms with E-state index in [4.69, 9.17) is 4.98 Å². The lowest BCUT2D eigenvalue weighted by Gasteiger charge is -2.17. The molecule has 2 aromatic carbocycles. The third kappa shape index (κ3) is 3.71. The van der Waals surface area contributed by atoms with Crippen LogP contribution in [0.25, 0.3) is 22.0 Å². The fourth-order valence-corrected chi connectivity index (χ4v) is 3.11. The standard InChI is InChI=1S/C22H24N2O/c1-4-15(2)23-21(25)14-19-16(3)24-20-13-9-8-12-18(20)22(19)17-10-6-5-7-11-17/h5-13,15H,4,14H2,1-3H3,(H,23,25). The van der Waals surface area contributed by atoms with E-state index in [-0.39, 0.29) is 11.9 Å². The van der Waals surface area contributed by atoms with Crippen LogP contribution >= 0.6 is 0 Å². The Labute approximate surface area is 149 Å². The van der Waals surface area contributed by atoms with Crippen LogP contribution in [0.1, 0.15) is 31.5 Å². The molecule has 3 nitrogen and oxygen atoms in total. The predicted molar refractivity (Wildman–Crippen MR) is 104 cm³/mol. The number of carbonyl (C=O) groups excluding carboxylic acids is 1. The highest BCUT2D eigenvalue weighted by molar-refractivity contribution is 5.98. The molecule has 0 aliphatic rings. The van der Waals surface area contributed by atoms with E-state index in [9.17, 15) is 4.79 Å². The molecule has 25 heavy (non-hydrogen) atoms. The van der Waals surface area contributed by atoms with Crippen molar-refractivity contribution >= 4 is 16.8 Å². The Bertz CT molecular complexity index is 887. The van der Waals surface area contributed by atoms with E-state index in [1.165, 1.54) is 0 Å². The molecule has 1 atom stereocenters. The minimum Gasteiger partial charge on any atom is -0.353 e. The highest BCUT2D eigenvalue weighted by Gasteiger charge is 2.17. The summed E-state index contributed by atoms with van der Waals surface area (Å²) in [4.78, 5) is 17.2. The Kier molecular flexibility index (Phi) is 5.13. The van der Waals surface area contributed by atoms with Gasteiger partial charge in [0.1, 0.15) is 0 Å². The smallest absolute Gasteiger partial charge is 0.224 e. The number of pyridine rings is 1. The highest BCUT2D eigenvalue weighted by atomic mass is 16.1. The van der Waals surface area contributed by atoms with E-state index in [1.54, 1.807) is 0 Å². The summed E-state index contributed by atoms with van der Waals surface area (Å²) >= 11 is 0. The molecule has 0 bridgehead atoms. The first-order valence-corrected chi connectivity index (χ1v) is 8.83. The quantitative estimate of drug-likeness (QED) is 0.738. The monoisotopic (exact) mass is 332 g/mol. The SMILES string of the molecule is CCC(C)NC(=O)Cc1c(C)nc2ccccc2c1-c1ccccc1. The minimum absolute atomic E-state index is 0.0479. The van der Waals surface area contributed by atoms with Crippen LogP contribution in [-0.4, -0.2) is 16.9 Å². The number of carbonyl (C=O) groups is 1. The Morgan fingerprint density at radius 1 is 1.08 bits per heavy atom. The van der Waals surface area contributed by atoms with Gasteiger partial charge in [0.2, 0.25) is 5.91 Å². The van der Waals surface area contributed by atoms with Gasteiger partial charge in [-0.05, 0) is 43.0 Å². The number of hydrogen-bond acceptors (Lipinski definition) is 2. The molecule has 3 aromatic rings. The van der Waals surface area contributed by atoms with Crippen LogP contribution in [0.5, 0.6) is 0 Å². The summed E-state index contributed by atoms with van der Waals surface area (Å²) in [6.07, 6.45) is 1.27. The number of hydrogen-bond donors (Lipinski definition) is 1. The highest BCUT2D eigenvalue weighted by Crippen LogP contribution is 2.33. The molecule has 0 spiro atoms. The Morgan fingerprint density at radius 3 is 2.48 bits per heavy atom. The summed E-state index contributed by atoms with van der Waals surface area (Å²) in [6, 6.07) is 18.6. The first kappa shape index (κ1) is 17.2. The summed E-state index contributed by atoms with van der Waals surface area (Å²) in [5, 5.41) is 4.15. The number of fused-ring (bicyclic) bond motifs is 1. The lowest BCUT2D eigenvalue weighted by atomic mass is 9.92. The van der Waals surface area contributed by atoms with Crippen LogP contribution < -0.4 is 5.32 Å². The molecule has 1 amide bonds. The number of nitrogens with zero attached hydrogens (tertiary/aromatic N) is 1. The number of aryl methyl sites for hydroxylation is 1. The van der Waals surface area contributed by atoms with Crippen molar-refractivity contribution in [3.05, 3.63) is 65.9 Å². The van der Waals surface area contributed by atoms with Gasteiger partial charge in [-0.15, -0.1) is 0 Å². The van der Waals surface area contributed by atoms with Gasteiger partial charge in [-0.1, -0.05) is 55.5 Å². The van der Waals surface area contributed by atoms with Gasteiger partial charge in [0.15, 0.2) is 0 Å².